The number of halogens is 1. The molecule has 2 aliphatic rings. The molecule has 1 aliphatic carbocycles. The number of hydrogen-bond acceptors (Lipinski definition) is 3. The summed E-state index contributed by atoms with van der Waals surface area (Å²) in [6, 6.07) is 47.7. The summed E-state index contributed by atoms with van der Waals surface area (Å²) in [5, 5.41) is 0.658. The number of ether oxygens (including phenoxy) is 1. The summed E-state index contributed by atoms with van der Waals surface area (Å²) >= 11 is 7.20. The molecule has 4 heteroatoms. The molecule has 6 aromatic carbocycles. The number of nitrogens with zero attached hydrogens (tertiary/aromatic N) is 2. The molecule has 262 valence electrons. The average molecular weight is 703 g/mol. The van der Waals surface area contributed by atoms with E-state index >= 15 is 0 Å². The van der Waals surface area contributed by atoms with Gasteiger partial charge in [0.25, 0.3) is 0 Å². The van der Waals surface area contributed by atoms with Gasteiger partial charge >= 0.3 is 0 Å². The van der Waals surface area contributed by atoms with Crippen LogP contribution in [0.2, 0.25) is 5.02 Å². The van der Waals surface area contributed by atoms with Crippen molar-refractivity contribution < 1.29 is 4.74 Å². The molecule has 1 heterocycles. The number of anilines is 6. The third kappa shape index (κ3) is 6.05. The molecule has 1 aliphatic heterocycles. The fourth-order valence-electron chi connectivity index (χ4n) is 7.99. The largest absolute Gasteiger partial charge is 0.453 e. The Kier molecular flexibility index (Phi) is 8.27. The third-order valence-electron chi connectivity index (χ3n) is 11.1. The summed E-state index contributed by atoms with van der Waals surface area (Å²) in [5.74, 6) is 1.62. The molecule has 0 spiro atoms. The molecular formula is C48H47ClN2O. The topological polar surface area (TPSA) is 15.7 Å². The lowest BCUT2D eigenvalue weighted by Crippen LogP contribution is -2.34. The van der Waals surface area contributed by atoms with E-state index in [9.17, 15) is 0 Å². The summed E-state index contributed by atoms with van der Waals surface area (Å²) in [7, 11) is 0. The van der Waals surface area contributed by atoms with E-state index in [0.717, 1.165) is 52.0 Å². The molecule has 0 saturated carbocycles. The van der Waals surface area contributed by atoms with Gasteiger partial charge < -0.3 is 14.5 Å². The van der Waals surface area contributed by atoms with E-state index in [1.807, 2.05) is 24.3 Å². The van der Waals surface area contributed by atoms with Crippen molar-refractivity contribution >= 4 is 45.7 Å². The van der Waals surface area contributed by atoms with Gasteiger partial charge in [0.15, 0.2) is 11.5 Å². The number of fused-ring (bicyclic) bond motifs is 3. The van der Waals surface area contributed by atoms with Crippen molar-refractivity contribution in [2.24, 2.45) is 0 Å². The van der Waals surface area contributed by atoms with E-state index < -0.39 is 0 Å². The van der Waals surface area contributed by atoms with E-state index in [2.05, 4.69) is 167 Å². The molecule has 0 fully saturated rings. The quantitative estimate of drug-likeness (QED) is 0.178. The van der Waals surface area contributed by atoms with Gasteiger partial charge in [0.1, 0.15) is 0 Å². The second-order valence-electron chi connectivity index (χ2n) is 16.7. The molecule has 6 aromatic rings. The van der Waals surface area contributed by atoms with Crippen LogP contribution in [-0.4, -0.2) is 0 Å². The van der Waals surface area contributed by atoms with E-state index in [0.29, 0.717) is 5.02 Å². The standard InChI is InChI=1S/C48H47ClN2O/c1-46(2,3)33-21-24-41(38(27-33)32-15-9-8-10-16-32)50(35-22-23-39-40(31-35)48(6,7)26-25-47(39,4)5)36-28-34(49)29-37(30-36)51-42-17-11-13-19-44(42)52-45-20-14-12-18-43(45)51/h8-24,27-31H,25-26H2,1-7H3. The Hall–Kier alpha value is -4.99. The minimum absolute atomic E-state index is 0.0192. The molecule has 8 rings (SSSR count). The monoisotopic (exact) mass is 702 g/mol. The second kappa shape index (κ2) is 12.6. The van der Waals surface area contributed by atoms with Crippen LogP contribution < -0.4 is 14.5 Å². The van der Waals surface area contributed by atoms with Crippen molar-refractivity contribution in [3.63, 3.8) is 0 Å². The van der Waals surface area contributed by atoms with E-state index in [1.54, 1.807) is 0 Å². The van der Waals surface area contributed by atoms with Gasteiger partial charge in [-0.25, -0.2) is 0 Å². The van der Waals surface area contributed by atoms with Crippen LogP contribution >= 0.6 is 11.6 Å². The van der Waals surface area contributed by atoms with Crippen molar-refractivity contribution in [3.8, 4) is 22.6 Å². The molecule has 52 heavy (non-hydrogen) atoms. The zero-order valence-electron chi connectivity index (χ0n) is 31.3. The molecule has 0 saturated heterocycles. The highest BCUT2D eigenvalue weighted by Crippen LogP contribution is 2.53. The summed E-state index contributed by atoms with van der Waals surface area (Å²) in [6.45, 7) is 16.4. The van der Waals surface area contributed by atoms with Crippen molar-refractivity contribution in [1.29, 1.82) is 0 Å². The zero-order valence-corrected chi connectivity index (χ0v) is 32.1. The lowest BCUT2D eigenvalue weighted by molar-refractivity contribution is 0.332. The molecule has 0 bridgehead atoms. The van der Waals surface area contributed by atoms with Crippen LogP contribution in [0.4, 0.5) is 34.1 Å². The van der Waals surface area contributed by atoms with Gasteiger partial charge in [-0.2, -0.15) is 0 Å². The lowest BCUT2D eigenvalue weighted by Gasteiger charge is -2.42. The predicted molar refractivity (Wildman–Crippen MR) is 220 cm³/mol. The van der Waals surface area contributed by atoms with E-state index in [1.165, 1.54) is 34.2 Å². The second-order valence-corrected chi connectivity index (χ2v) is 17.2. The van der Waals surface area contributed by atoms with Gasteiger partial charge in [-0.3, -0.25) is 0 Å². The number of para-hydroxylation sites is 4. The summed E-state index contributed by atoms with van der Waals surface area (Å²) in [6.07, 6.45) is 2.31. The summed E-state index contributed by atoms with van der Waals surface area (Å²) < 4.78 is 6.38. The van der Waals surface area contributed by atoms with Crippen molar-refractivity contribution in [2.45, 2.75) is 77.6 Å². The van der Waals surface area contributed by atoms with E-state index in [4.69, 9.17) is 16.3 Å². The first-order valence-corrected chi connectivity index (χ1v) is 18.8. The molecule has 3 nitrogen and oxygen atoms in total. The van der Waals surface area contributed by atoms with Crippen LogP contribution in [-0.2, 0) is 16.2 Å². The highest BCUT2D eigenvalue weighted by molar-refractivity contribution is 6.31. The normalized spacial score (nSPS) is 15.6. The van der Waals surface area contributed by atoms with Crippen molar-refractivity contribution in [2.75, 3.05) is 9.80 Å². The van der Waals surface area contributed by atoms with Crippen LogP contribution in [0, 0.1) is 0 Å². The number of hydrogen-bond donors (Lipinski definition) is 0. The Bertz CT molecular complexity index is 2250. The average Bonchev–Trinajstić information content (AvgIpc) is 3.12. The predicted octanol–water partition coefficient (Wildman–Crippen LogP) is 14.7. The van der Waals surface area contributed by atoms with Crippen LogP contribution in [0.3, 0.4) is 0 Å². The van der Waals surface area contributed by atoms with Crippen LogP contribution in [0.15, 0.2) is 133 Å². The highest BCUT2D eigenvalue weighted by atomic mass is 35.5. The Labute approximate surface area is 314 Å². The Morgan fingerprint density at radius 2 is 1.23 bits per heavy atom. The van der Waals surface area contributed by atoms with Gasteiger partial charge in [0.05, 0.1) is 17.1 Å². The van der Waals surface area contributed by atoms with Crippen LogP contribution in [0.25, 0.3) is 11.1 Å². The van der Waals surface area contributed by atoms with Gasteiger partial charge in [-0.1, -0.05) is 127 Å². The number of benzene rings is 6. The Morgan fingerprint density at radius 3 is 1.88 bits per heavy atom. The highest BCUT2D eigenvalue weighted by Gasteiger charge is 2.38. The molecular weight excluding hydrogens is 656 g/mol. The van der Waals surface area contributed by atoms with Gasteiger partial charge in [-0.15, -0.1) is 0 Å². The van der Waals surface area contributed by atoms with Gasteiger partial charge in [-0.05, 0) is 118 Å². The minimum Gasteiger partial charge on any atom is -0.453 e. The molecule has 0 N–H and O–H groups in total. The maximum Gasteiger partial charge on any atom is 0.151 e. The molecule has 0 amide bonds. The fraction of sp³-hybridized carbons (Fsp3) is 0.250. The first-order chi connectivity index (χ1) is 24.8. The molecule has 0 unspecified atom stereocenters. The fourth-order valence-corrected chi connectivity index (χ4v) is 8.21. The van der Waals surface area contributed by atoms with Gasteiger partial charge in [0.2, 0.25) is 0 Å². The van der Waals surface area contributed by atoms with Crippen LogP contribution in [0.1, 0.15) is 78.0 Å². The van der Waals surface area contributed by atoms with Crippen molar-refractivity contribution in [1.82, 2.24) is 0 Å². The number of rotatable bonds is 5. The third-order valence-corrected chi connectivity index (χ3v) is 11.3. The molecule has 0 atom stereocenters. The van der Waals surface area contributed by atoms with Crippen LogP contribution in [0.5, 0.6) is 11.5 Å². The first-order valence-electron chi connectivity index (χ1n) is 18.4. The first kappa shape index (κ1) is 34.1. The Morgan fingerprint density at radius 1 is 0.615 bits per heavy atom. The SMILES string of the molecule is CC(C)(C)c1ccc(N(c2cc(Cl)cc(N3c4ccccc4Oc4ccccc43)c2)c2ccc3c(c2)C(C)(C)CCC3(C)C)c(-c2ccccc2)c1. The van der Waals surface area contributed by atoms with Crippen molar-refractivity contribution in [3.05, 3.63) is 155 Å². The van der Waals surface area contributed by atoms with E-state index in [-0.39, 0.29) is 16.2 Å². The van der Waals surface area contributed by atoms with Gasteiger partial charge in [0, 0.05) is 27.6 Å². The lowest BCUT2D eigenvalue weighted by atomic mass is 9.63. The maximum absolute atomic E-state index is 7.20. The smallest absolute Gasteiger partial charge is 0.151 e. The summed E-state index contributed by atoms with van der Waals surface area (Å²) in [4.78, 5) is 4.68. The Balaban J connectivity index is 1.40. The molecule has 0 aromatic heterocycles. The zero-order chi connectivity index (χ0) is 36.4. The molecule has 0 radical (unpaired) electrons. The maximum atomic E-state index is 7.20. The summed E-state index contributed by atoms with van der Waals surface area (Å²) in [5.41, 5.74) is 12.7. The minimum atomic E-state index is -0.0192.